The minimum atomic E-state index is -0.903. The molecule has 0 aliphatic heterocycles. The van der Waals surface area contributed by atoms with Crippen molar-refractivity contribution in [2.45, 2.75) is 32.2 Å². The van der Waals surface area contributed by atoms with Crippen LogP contribution in [0.1, 0.15) is 36.3 Å². The fraction of sp³-hybridized carbons (Fsp3) is 0.500. The van der Waals surface area contributed by atoms with Crippen LogP contribution in [0.2, 0.25) is 0 Å². The quantitative estimate of drug-likeness (QED) is 0.801. The van der Waals surface area contributed by atoms with E-state index >= 15 is 0 Å². The fourth-order valence-electron chi connectivity index (χ4n) is 1.20. The monoisotopic (exact) mass is 239 g/mol. The predicted octanol–water partition coefficient (Wildman–Crippen LogP) is 3.23. The summed E-state index contributed by atoms with van der Waals surface area (Å²) in [7, 11) is 0. The molecule has 0 spiro atoms. The van der Waals surface area contributed by atoms with Gasteiger partial charge in [0, 0.05) is 5.69 Å². The molecule has 0 aromatic carbocycles. The molecule has 1 heterocycles. The van der Waals surface area contributed by atoms with E-state index in [0.29, 0.717) is 16.5 Å². The number of carbonyl (C=O) groups is 1. The molecule has 3 nitrogen and oxygen atoms in total. The number of rotatable bonds is 5. The van der Waals surface area contributed by atoms with Crippen molar-refractivity contribution in [2.24, 2.45) is 5.92 Å². The van der Waals surface area contributed by atoms with Crippen molar-refractivity contribution in [1.82, 2.24) is 4.98 Å². The highest BCUT2D eigenvalue weighted by Crippen LogP contribution is 2.23. The van der Waals surface area contributed by atoms with Crippen molar-refractivity contribution in [3.8, 4) is 0 Å². The molecule has 0 aliphatic carbocycles. The summed E-state index contributed by atoms with van der Waals surface area (Å²) in [5.41, 5.74) is 1.16. The summed E-state index contributed by atoms with van der Waals surface area (Å²) in [6.07, 6.45) is 1.07. The second kappa shape index (κ2) is 5.89. The van der Waals surface area contributed by atoms with Gasteiger partial charge in [-0.25, -0.2) is 9.78 Å². The zero-order valence-electron chi connectivity index (χ0n) is 9.86. The third-order valence-electron chi connectivity index (χ3n) is 2.16. The lowest BCUT2D eigenvalue weighted by Crippen LogP contribution is -2.02. The zero-order valence-corrected chi connectivity index (χ0v) is 10.7. The van der Waals surface area contributed by atoms with Crippen LogP contribution in [0, 0.1) is 12.8 Å². The van der Waals surface area contributed by atoms with Crippen LogP contribution in [0.15, 0.2) is 17.2 Å². The Bertz CT molecular complexity index is 377. The van der Waals surface area contributed by atoms with Gasteiger partial charge in [-0.3, -0.25) is 0 Å². The molecule has 0 amide bonds. The number of pyridine rings is 1. The zero-order chi connectivity index (χ0) is 12.1. The van der Waals surface area contributed by atoms with E-state index in [2.05, 4.69) is 18.8 Å². The van der Waals surface area contributed by atoms with Crippen LogP contribution in [0.25, 0.3) is 0 Å². The Labute approximate surface area is 100 Å². The fourth-order valence-corrected chi connectivity index (χ4v) is 2.50. The third kappa shape index (κ3) is 3.85. The van der Waals surface area contributed by atoms with Gasteiger partial charge in [-0.1, -0.05) is 13.8 Å². The first-order chi connectivity index (χ1) is 7.50. The number of hydrogen-bond acceptors (Lipinski definition) is 3. The average Bonchev–Trinajstić information content (AvgIpc) is 2.16. The van der Waals surface area contributed by atoms with E-state index in [9.17, 15) is 4.79 Å². The molecule has 0 bridgehead atoms. The van der Waals surface area contributed by atoms with Crippen LogP contribution in [0.4, 0.5) is 0 Å². The number of carboxylic acid groups (broad SMARTS) is 1. The van der Waals surface area contributed by atoms with Crippen molar-refractivity contribution in [3.05, 3.63) is 23.4 Å². The SMILES string of the molecule is Cc1ccc(C(=O)O)c(SCCC(C)C)n1. The molecule has 1 aromatic rings. The van der Waals surface area contributed by atoms with Crippen LogP contribution < -0.4 is 0 Å². The maximum atomic E-state index is 11.0. The molecule has 16 heavy (non-hydrogen) atoms. The molecule has 0 unspecified atom stereocenters. The highest BCUT2D eigenvalue weighted by atomic mass is 32.2. The number of thioether (sulfide) groups is 1. The molecular weight excluding hydrogens is 222 g/mol. The smallest absolute Gasteiger partial charge is 0.338 e. The molecule has 0 fully saturated rings. The molecule has 88 valence electrons. The van der Waals surface area contributed by atoms with E-state index in [-0.39, 0.29) is 0 Å². The molecular formula is C12H17NO2S. The summed E-state index contributed by atoms with van der Waals surface area (Å²) < 4.78 is 0. The van der Waals surface area contributed by atoms with Gasteiger partial charge in [-0.05, 0) is 37.1 Å². The summed E-state index contributed by atoms with van der Waals surface area (Å²) in [5, 5.41) is 9.64. The summed E-state index contributed by atoms with van der Waals surface area (Å²) >= 11 is 1.53. The van der Waals surface area contributed by atoms with Crippen LogP contribution in [-0.4, -0.2) is 21.8 Å². The molecule has 0 aliphatic rings. The lowest BCUT2D eigenvalue weighted by atomic mass is 10.2. The molecule has 1 N–H and O–H groups in total. The van der Waals surface area contributed by atoms with Gasteiger partial charge in [0.1, 0.15) is 5.03 Å². The van der Waals surface area contributed by atoms with Gasteiger partial charge in [0.05, 0.1) is 5.56 Å². The first kappa shape index (κ1) is 13.0. The molecule has 0 saturated heterocycles. The number of aryl methyl sites for hydroxylation is 1. The van der Waals surface area contributed by atoms with Crippen molar-refractivity contribution in [2.75, 3.05) is 5.75 Å². The second-order valence-corrected chi connectivity index (χ2v) is 5.23. The molecule has 0 saturated carbocycles. The van der Waals surface area contributed by atoms with E-state index in [4.69, 9.17) is 5.11 Å². The number of aromatic nitrogens is 1. The van der Waals surface area contributed by atoms with Crippen LogP contribution >= 0.6 is 11.8 Å². The van der Waals surface area contributed by atoms with E-state index in [1.165, 1.54) is 11.8 Å². The number of hydrogen-bond donors (Lipinski definition) is 1. The van der Waals surface area contributed by atoms with Gasteiger partial charge >= 0.3 is 5.97 Å². The summed E-state index contributed by atoms with van der Waals surface area (Å²) in [4.78, 5) is 15.3. The molecule has 1 aromatic heterocycles. The van der Waals surface area contributed by atoms with E-state index in [1.54, 1.807) is 12.1 Å². The molecule has 4 heteroatoms. The van der Waals surface area contributed by atoms with E-state index < -0.39 is 5.97 Å². The number of carboxylic acids is 1. The summed E-state index contributed by atoms with van der Waals surface area (Å²) in [5.74, 6) is 0.638. The first-order valence-corrected chi connectivity index (χ1v) is 6.33. The van der Waals surface area contributed by atoms with Crippen molar-refractivity contribution in [1.29, 1.82) is 0 Å². The van der Waals surface area contributed by atoms with Gasteiger partial charge in [-0.15, -0.1) is 11.8 Å². The second-order valence-electron chi connectivity index (χ2n) is 4.14. The maximum absolute atomic E-state index is 11.0. The highest BCUT2D eigenvalue weighted by Gasteiger charge is 2.11. The summed E-state index contributed by atoms with van der Waals surface area (Å²) in [6, 6.07) is 3.36. The standard InChI is InChI=1S/C12H17NO2S/c1-8(2)6-7-16-11-10(12(14)15)5-4-9(3)13-11/h4-5,8H,6-7H2,1-3H3,(H,14,15). The molecule has 0 radical (unpaired) electrons. The van der Waals surface area contributed by atoms with Gasteiger partial charge in [-0.2, -0.15) is 0 Å². The van der Waals surface area contributed by atoms with Crippen molar-refractivity contribution < 1.29 is 9.90 Å². The highest BCUT2D eigenvalue weighted by molar-refractivity contribution is 7.99. The van der Waals surface area contributed by atoms with Crippen LogP contribution in [0.5, 0.6) is 0 Å². The Hall–Kier alpha value is -1.03. The normalized spacial score (nSPS) is 10.8. The Balaban J connectivity index is 2.76. The Morgan fingerprint density at radius 3 is 2.75 bits per heavy atom. The largest absolute Gasteiger partial charge is 0.478 e. The van der Waals surface area contributed by atoms with E-state index in [0.717, 1.165) is 17.9 Å². The maximum Gasteiger partial charge on any atom is 0.338 e. The Kier molecular flexibility index (Phi) is 4.80. The molecule has 0 atom stereocenters. The van der Waals surface area contributed by atoms with Crippen LogP contribution in [-0.2, 0) is 0 Å². The predicted molar refractivity (Wildman–Crippen MR) is 66.1 cm³/mol. The minimum Gasteiger partial charge on any atom is -0.478 e. The average molecular weight is 239 g/mol. The Morgan fingerprint density at radius 2 is 2.19 bits per heavy atom. The minimum absolute atomic E-state index is 0.305. The topological polar surface area (TPSA) is 50.2 Å². The van der Waals surface area contributed by atoms with Gasteiger partial charge in [0.2, 0.25) is 0 Å². The third-order valence-corrected chi connectivity index (χ3v) is 3.19. The van der Waals surface area contributed by atoms with E-state index in [1.807, 2.05) is 6.92 Å². The number of aromatic carboxylic acids is 1. The number of nitrogens with zero attached hydrogens (tertiary/aromatic N) is 1. The van der Waals surface area contributed by atoms with Crippen molar-refractivity contribution >= 4 is 17.7 Å². The summed E-state index contributed by atoms with van der Waals surface area (Å²) in [6.45, 7) is 6.18. The first-order valence-electron chi connectivity index (χ1n) is 5.34. The van der Waals surface area contributed by atoms with Crippen molar-refractivity contribution in [3.63, 3.8) is 0 Å². The lowest BCUT2D eigenvalue weighted by molar-refractivity contribution is 0.0692. The Morgan fingerprint density at radius 1 is 1.50 bits per heavy atom. The van der Waals surface area contributed by atoms with Gasteiger partial charge < -0.3 is 5.11 Å². The van der Waals surface area contributed by atoms with Gasteiger partial charge in [0.15, 0.2) is 0 Å². The van der Waals surface area contributed by atoms with Crippen LogP contribution in [0.3, 0.4) is 0 Å². The lowest BCUT2D eigenvalue weighted by Gasteiger charge is -2.07. The van der Waals surface area contributed by atoms with Gasteiger partial charge in [0.25, 0.3) is 0 Å². The molecule has 1 rings (SSSR count).